The maximum atomic E-state index is 12.5. The average molecular weight is 444 g/mol. The summed E-state index contributed by atoms with van der Waals surface area (Å²) >= 11 is 0. The monoisotopic (exact) mass is 443 g/mol. The molecule has 0 aliphatic carbocycles. The lowest BCUT2D eigenvalue weighted by Gasteiger charge is -2.30. The van der Waals surface area contributed by atoms with E-state index in [2.05, 4.69) is 27.3 Å². The van der Waals surface area contributed by atoms with Crippen LogP contribution in [0.4, 0.5) is 11.5 Å². The maximum Gasteiger partial charge on any atom is 0.420 e. The highest BCUT2D eigenvalue weighted by Crippen LogP contribution is 2.24. The Labute approximate surface area is 190 Å². The van der Waals surface area contributed by atoms with Crippen molar-refractivity contribution in [2.24, 2.45) is 5.92 Å². The number of aromatic nitrogens is 3. The maximum absolute atomic E-state index is 12.5. The molecule has 0 spiro atoms. The number of nitrogens with one attached hydrogen (secondary N) is 1. The largest absolute Gasteiger partial charge is 0.420 e. The van der Waals surface area contributed by atoms with Crippen LogP contribution in [-0.4, -0.2) is 33.8 Å². The zero-order valence-electron chi connectivity index (χ0n) is 18.4. The van der Waals surface area contributed by atoms with Gasteiger partial charge in [0.1, 0.15) is 6.54 Å². The van der Waals surface area contributed by atoms with Crippen molar-refractivity contribution in [2.45, 2.75) is 26.3 Å². The van der Waals surface area contributed by atoms with E-state index in [4.69, 9.17) is 4.42 Å². The van der Waals surface area contributed by atoms with E-state index in [1.54, 1.807) is 24.3 Å². The van der Waals surface area contributed by atoms with Crippen molar-refractivity contribution in [3.8, 4) is 11.3 Å². The summed E-state index contributed by atoms with van der Waals surface area (Å²) in [7, 11) is 0. The van der Waals surface area contributed by atoms with Crippen LogP contribution in [0, 0.1) is 5.92 Å². The van der Waals surface area contributed by atoms with Crippen molar-refractivity contribution in [3.63, 3.8) is 0 Å². The first-order valence-electron chi connectivity index (χ1n) is 11.1. The molecule has 1 N–H and O–H groups in total. The van der Waals surface area contributed by atoms with Gasteiger partial charge in [-0.3, -0.25) is 9.36 Å². The first kappa shape index (κ1) is 20.9. The van der Waals surface area contributed by atoms with E-state index in [-0.39, 0.29) is 12.5 Å². The van der Waals surface area contributed by atoms with Crippen LogP contribution >= 0.6 is 0 Å². The zero-order chi connectivity index (χ0) is 22.8. The molecule has 8 nitrogen and oxygen atoms in total. The normalized spacial score (nSPS) is 14.5. The summed E-state index contributed by atoms with van der Waals surface area (Å²) in [5.74, 6) is 0.822. The van der Waals surface area contributed by atoms with Gasteiger partial charge in [-0.05, 0) is 55.2 Å². The number of fused-ring (bicyclic) bond motifs is 1. The van der Waals surface area contributed by atoms with Crippen LogP contribution in [0.2, 0.25) is 0 Å². The molecule has 0 unspecified atom stereocenters. The molecule has 168 valence electrons. The zero-order valence-corrected chi connectivity index (χ0v) is 18.4. The highest BCUT2D eigenvalue weighted by atomic mass is 16.4. The molecular weight excluding hydrogens is 418 g/mol. The number of carbonyl (C=O) groups excluding carboxylic acids is 1. The molecule has 0 radical (unpaired) electrons. The fraction of sp³-hybridized carbons (Fsp3) is 0.280. The molecular formula is C25H25N5O3. The Kier molecular flexibility index (Phi) is 5.64. The van der Waals surface area contributed by atoms with Gasteiger partial charge in [-0.25, -0.2) is 4.79 Å². The molecule has 3 heterocycles. The number of carbonyl (C=O) groups is 1. The molecule has 0 bridgehead atoms. The van der Waals surface area contributed by atoms with Crippen LogP contribution in [0.3, 0.4) is 0 Å². The third-order valence-electron chi connectivity index (χ3n) is 6.10. The fourth-order valence-corrected chi connectivity index (χ4v) is 4.12. The number of para-hydroxylation sites is 2. The summed E-state index contributed by atoms with van der Waals surface area (Å²) in [6.07, 6.45) is 2.37. The molecule has 1 aliphatic rings. The third kappa shape index (κ3) is 4.50. The van der Waals surface area contributed by atoms with Crippen molar-refractivity contribution < 1.29 is 9.21 Å². The third-order valence-corrected chi connectivity index (χ3v) is 6.10. The molecule has 33 heavy (non-hydrogen) atoms. The Balaban J connectivity index is 1.23. The van der Waals surface area contributed by atoms with Crippen molar-refractivity contribution in [1.29, 1.82) is 0 Å². The minimum absolute atomic E-state index is 0.125. The Bertz CT molecular complexity index is 1320. The van der Waals surface area contributed by atoms with Gasteiger partial charge in [0.2, 0.25) is 5.91 Å². The van der Waals surface area contributed by atoms with Gasteiger partial charge in [0.25, 0.3) is 0 Å². The fourth-order valence-electron chi connectivity index (χ4n) is 4.12. The highest BCUT2D eigenvalue weighted by Gasteiger charge is 2.17. The van der Waals surface area contributed by atoms with Crippen molar-refractivity contribution in [2.75, 3.05) is 23.3 Å². The minimum atomic E-state index is -0.553. The van der Waals surface area contributed by atoms with E-state index in [9.17, 15) is 9.59 Å². The van der Waals surface area contributed by atoms with E-state index in [1.165, 1.54) is 17.4 Å². The molecule has 4 aromatic rings. The Morgan fingerprint density at radius 2 is 1.79 bits per heavy atom. The molecule has 2 aromatic heterocycles. The number of rotatable bonds is 5. The van der Waals surface area contributed by atoms with Gasteiger partial charge in [-0.2, -0.15) is 0 Å². The van der Waals surface area contributed by atoms with Gasteiger partial charge in [0, 0.05) is 24.3 Å². The Morgan fingerprint density at radius 1 is 1.03 bits per heavy atom. The Morgan fingerprint density at radius 3 is 2.52 bits per heavy atom. The number of nitrogens with zero attached hydrogens (tertiary/aromatic N) is 4. The van der Waals surface area contributed by atoms with Gasteiger partial charge < -0.3 is 14.6 Å². The molecule has 1 saturated heterocycles. The molecule has 2 aromatic carbocycles. The SMILES string of the molecule is CC1CCN(c2ccc(-c3ccc(NC(=O)Cn4c(=O)oc5ccccc54)cc3)nn2)CC1. The summed E-state index contributed by atoms with van der Waals surface area (Å²) in [4.78, 5) is 26.8. The lowest BCUT2D eigenvalue weighted by atomic mass is 9.99. The Hall–Kier alpha value is -3.94. The van der Waals surface area contributed by atoms with Gasteiger partial charge in [-0.15, -0.1) is 10.2 Å². The van der Waals surface area contributed by atoms with Gasteiger partial charge in [0.05, 0.1) is 11.2 Å². The summed E-state index contributed by atoms with van der Waals surface area (Å²) in [6.45, 7) is 4.20. The average Bonchev–Trinajstić information content (AvgIpc) is 3.15. The van der Waals surface area contributed by atoms with Crippen molar-refractivity contribution >= 4 is 28.5 Å². The van der Waals surface area contributed by atoms with Gasteiger partial charge in [0.15, 0.2) is 11.4 Å². The molecule has 5 rings (SSSR count). The number of amides is 1. The lowest BCUT2D eigenvalue weighted by molar-refractivity contribution is -0.116. The summed E-state index contributed by atoms with van der Waals surface area (Å²) < 4.78 is 6.50. The second-order valence-electron chi connectivity index (χ2n) is 8.49. The molecule has 1 aliphatic heterocycles. The van der Waals surface area contributed by atoms with Gasteiger partial charge >= 0.3 is 5.76 Å². The van der Waals surface area contributed by atoms with Crippen LogP contribution in [0.25, 0.3) is 22.4 Å². The van der Waals surface area contributed by atoms with E-state index in [0.717, 1.165) is 36.1 Å². The summed E-state index contributed by atoms with van der Waals surface area (Å²) in [5.41, 5.74) is 3.38. The van der Waals surface area contributed by atoms with E-state index in [0.29, 0.717) is 16.8 Å². The number of hydrogen-bond donors (Lipinski definition) is 1. The number of benzene rings is 2. The first-order valence-corrected chi connectivity index (χ1v) is 11.1. The van der Waals surface area contributed by atoms with Crippen LogP contribution in [0.15, 0.2) is 69.9 Å². The lowest BCUT2D eigenvalue weighted by Crippen LogP contribution is -2.33. The second-order valence-corrected chi connectivity index (χ2v) is 8.49. The number of anilines is 2. The van der Waals surface area contributed by atoms with Crippen molar-refractivity contribution in [3.05, 3.63) is 71.2 Å². The minimum Gasteiger partial charge on any atom is -0.408 e. The molecule has 1 fully saturated rings. The molecule has 0 atom stereocenters. The van der Waals surface area contributed by atoms with Crippen LogP contribution in [0.1, 0.15) is 19.8 Å². The summed E-state index contributed by atoms with van der Waals surface area (Å²) in [6, 6.07) is 18.4. The smallest absolute Gasteiger partial charge is 0.408 e. The number of piperidine rings is 1. The van der Waals surface area contributed by atoms with E-state index >= 15 is 0 Å². The first-order chi connectivity index (χ1) is 16.1. The van der Waals surface area contributed by atoms with E-state index in [1.807, 2.05) is 36.4 Å². The van der Waals surface area contributed by atoms with Crippen LogP contribution in [0.5, 0.6) is 0 Å². The second kappa shape index (κ2) is 8.90. The number of oxazole rings is 1. The van der Waals surface area contributed by atoms with Crippen molar-refractivity contribution in [1.82, 2.24) is 14.8 Å². The summed E-state index contributed by atoms with van der Waals surface area (Å²) in [5, 5.41) is 11.6. The molecule has 8 heteroatoms. The van der Waals surface area contributed by atoms with Crippen LogP contribution < -0.4 is 16.0 Å². The standard InChI is InChI=1S/C25H25N5O3/c1-17-12-14-29(15-13-17)23-11-10-20(27-28-23)18-6-8-19(9-7-18)26-24(31)16-30-21-4-2-3-5-22(21)33-25(30)32/h2-11,17H,12-16H2,1H3,(H,26,31). The van der Waals surface area contributed by atoms with Crippen LogP contribution in [-0.2, 0) is 11.3 Å². The highest BCUT2D eigenvalue weighted by molar-refractivity contribution is 5.91. The predicted molar refractivity (Wildman–Crippen MR) is 127 cm³/mol. The quantitative estimate of drug-likeness (QED) is 0.502. The molecule has 1 amide bonds. The molecule has 0 saturated carbocycles. The predicted octanol–water partition coefficient (Wildman–Crippen LogP) is 3.93. The van der Waals surface area contributed by atoms with Gasteiger partial charge in [-0.1, -0.05) is 31.2 Å². The van der Waals surface area contributed by atoms with E-state index < -0.39 is 5.76 Å². The number of hydrogen-bond acceptors (Lipinski definition) is 6. The topological polar surface area (TPSA) is 93.3 Å².